The normalized spacial score (nSPS) is 17.0. The van der Waals surface area contributed by atoms with Gasteiger partial charge in [-0.3, -0.25) is 4.90 Å². The molecule has 4 nitrogen and oxygen atoms in total. The second-order valence-electron chi connectivity index (χ2n) is 5.29. The van der Waals surface area contributed by atoms with Gasteiger partial charge in [0.25, 0.3) is 0 Å². The molecular weight excluding hydrogens is 279 g/mol. The second-order valence-corrected chi connectivity index (χ2v) is 5.29. The number of aromatic nitrogens is 1. The van der Waals surface area contributed by atoms with Crippen molar-refractivity contribution < 1.29 is 4.39 Å². The largest absolute Gasteiger partial charge is 0.354 e. The fourth-order valence-corrected chi connectivity index (χ4v) is 2.76. The van der Waals surface area contributed by atoms with E-state index in [2.05, 4.69) is 20.9 Å². The molecule has 3 rings (SSSR count). The van der Waals surface area contributed by atoms with E-state index in [1.54, 1.807) is 18.3 Å². The zero-order valence-electron chi connectivity index (χ0n) is 12.2. The highest BCUT2D eigenvalue weighted by Gasteiger charge is 2.25. The molecular formula is C17H17FN4. The first-order chi connectivity index (χ1) is 10.8. The number of piperazine rings is 1. The third kappa shape index (κ3) is 3.07. The maximum Gasteiger partial charge on any atom is 0.128 e. The quantitative estimate of drug-likeness (QED) is 0.873. The van der Waals surface area contributed by atoms with E-state index in [4.69, 9.17) is 0 Å². The van der Waals surface area contributed by atoms with Gasteiger partial charge in [-0.05, 0) is 29.8 Å². The van der Waals surface area contributed by atoms with Crippen molar-refractivity contribution in [1.82, 2.24) is 9.88 Å². The summed E-state index contributed by atoms with van der Waals surface area (Å²) in [5, 5.41) is 9.47. The molecule has 0 N–H and O–H groups in total. The Kier molecular flexibility index (Phi) is 4.31. The van der Waals surface area contributed by atoms with Gasteiger partial charge in [0.2, 0.25) is 0 Å². The van der Waals surface area contributed by atoms with Crippen molar-refractivity contribution >= 4 is 5.82 Å². The lowest BCUT2D eigenvalue weighted by Crippen LogP contribution is -2.47. The molecule has 112 valence electrons. The molecule has 1 aliphatic heterocycles. The van der Waals surface area contributed by atoms with Gasteiger partial charge in [-0.15, -0.1) is 0 Å². The van der Waals surface area contributed by atoms with Crippen LogP contribution in [0.15, 0.2) is 48.7 Å². The average Bonchev–Trinajstić information content (AvgIpc) is 2.59. The molecule has 1 atom stereocenters. The van der Waals surface area contributed by atoms with Crippen LogP contribution in [0.1, 0.15) is 11.6 Å². The Morgan fingerprint density at radius 2 is 1.77 bits per heavy atom. The first-order valence-corrected chi connectivity index (χ1v) is 7.33. The van der Waals surface area contributed by atoms with Gasteiger partial charge < -0.3 is 4.90 Å². The smallest absolute Gasteiger partial charge is 0.128 e. The first kappa shape index (κ1) is 14.5. The Morgan fingerprint density at radius 3 is 2.36 bits per heavy atom. The summed E-state index contributed by atoms with van der Waals surface area (Å²) in [7, 11) is 0. The number of benzene rings is 1. The molecule has 0 spiro atoms. The van der Waals surface area contributed by atoms with E-state index in [1.165, 1.54) is 12.1 Å². The number of nitrogens with zero attached hydrogens (tertiary/aromatic N) is 4. The molecule has 0 radical (unpaired) electrons. The van der Waals surface area contributed by atoms with Crippen molar-refractivity contribution in [2.24, 2.45) is 0 Å². The number of halogens is 1. The summed E-state index contributed by atoms with van der Waals surface area (Å²) < 4.78 is 13.0. The van der Waals surface area contributed by atoms with Crippen LogP contribution in [0.3, 0.4) is 0 Å². The summed E-state index contributed by atoms with van der Waals surface area (Å²) in [6, 6.07) is 14.1. The van der Waals surface area contributed by atoms with Crippen molar-refractivity contribution in [1.29, 1.82) is 5.26 Å². The predicted octanol–water partition coefficient (Wildman–Crippen LogP) is 2.61. The number of rotatable bonds is 3. The number of anilines is 1. The molecule has 0 bridgehead atoms. The molecule has 1 unspecified atom stereocenters. The van der Waals surface area contributed by atoms with Gasteiger partial charge in [-0.1, -0.05) is 18.2 Å². The SMILES string of the molecule is N#CC(c1ccc(F)cc1)N1CCN(c2ccccn2)CC1. The van der Waals surface area contributed by atoms with Crippen molar-refractivity contribution in [3.63, 3.8) is 0 Å². The standard InChI is InChI=1S/C17H17FN4/c18-15-6-4-14(5-7-15)16(13-19)21-9-11-22(12-10-21)17-3-1-2-8-20-17/h1-8,16H,9-12H2. The Labute approximate surface area is 129 Å². The highest BCUT2D eigenvalue weighted by atomic mass is 19.1. The van der Waals surface area contributed by atoms with Gasteiger partial charge in [0.1, 0.15) is 17.7 Å². The Morgan fingerprint density at radius 1 is 1.05 bits per heavy atom. The summed E-state index contributed by atoms with van der Waals surface area (Å²) in [5.41, 5.74) is 0.843. The van der Waals surface area contributed by atoms with Crippen LogP contribution >= 0.6 is 0 Å². The van der Waals surface area contributed by atoms with Crippen LogP contribution in [-0.4, -0.2) is 36.1 Å². The molecule has 0 aliphatic carbocycles. The van der Waals surface area contributed by atoms with E-state index in [0.29, 0.717) is 0 Å². The summed E-state index contributed by atoms with van der Waals surface area (Å²) in [4.78, 5) is 8.71. The van der Waals surface area contributed by atoms with Crippen LogP contribution in [0.5, 0.6) is 0 Å². The summed E-state index contributed by atoms with van der Waals surface area (Å²) in [6.45, 7) is 3.23. The topological polar surface area (TPSA) is 43.2 Å². The number of pyridine rings is 1. The van der Waals surface area contributed by atoms with Gasteiger partial charge >= 0.3 is 0 Å². The lowest BCUT2D eigenvalue weighted by molar-refractivity contribution is 0.221. The molecule has 1 aromatic heterocycles. The van der Waals surface area contributed by atoms with Crippen molar-refractivity contribution in [2.75, 3.05) is 31.1 Å². The van der Waals surface area contributed by atoms with Gasteiger partial charge in [0.05, 0.1) is 6.07 Å². The molecule has 1 fully saturated rings. The summed E-state index contributed by atoms with van der Waals surface area (Å²) >= 11 is 0. The van der Waals surface area contributed by atoms with Crippen LogP contribution < -0.4 is 4.90 Å². The fourth-order valence-electron chi connectivity index (χ4n) is 2.76. The lowest BCUT2D eigenvalue weighted by atomic mass is 10.1. The molecule has 0 amide bonds. The minimum absolute atomic E-state index is 0.277. The van der Waals surface area contributed by atoms with E-state index in [0.717, 1.165) is 37.6 Å². The average molecular weight is 296 g/mol. The van der Waals surface area contributed by atoms with E-state index >= 15 is 0 Å². The molecule has 0 saturated carbocycles. The maximum absolute atomic E-state index is 13.0. The van der Waals surface area contributed by atoms with E-state index in [1.807, 2.05) is 18.2 Å². The zero-order chi connectivity index (χ0) is 15.4. The van der Waals surface area contributed by atoms with Gasteiger partial charge in [-0.2, -0.15) is 5.26 Å². The fraction of sp³-hybridized carbons (Fsp3) is 0.294. The highest BCUT2D eigenvalue weighted by Crippen LogP contribution is 2.23. The lowest BCUT2D eigenvalue weighted by Gasteiger charge is -2.37. The minimum atomic E-state index is -0.327. The van der Waals surface area contributed by atoms with E-state index in [9.17, 15) is 9.65 Å². The molecule has 1 saturated heterocycles. The highest BCUT2D eigenvalue weighted by molar-refractivity contribution is 5.38. The minimum Gasteiger partial charge on any atom is -0.354 e. The molecule has 1 aliphatic rings. The second kappa shape index (κ2) is 6.54. The number of nitriles is 1. The van der Waals surface area contributed by atoms with Gasteiger partial charge in [0, 0.05) is 32.4 Å². The van der Waals surface area contributed by atoms with Crippen LogP contribution in [-0.2, 0) is 0 Å². The Balaban J connectivity index is 1.67. The van der Waals surface area contributed by atoms with Gasteiger partial charge in [0.15, 0.2) is 0 Å². The first-order valence-electron chi connectivity index (χ1n) is 7.33. The van der Waals surface area contributed by atoms with E-state index in [-0.39, 0.29) is 11.9 Å². The number of hydrogen-bond donors (Lipinski definition) is 0. The molecule has 2 heterocycles. The Hall–Kier alpha value is -2.45. The van der Waals surface area contributed by atoms with Crippen molar-refractivity contribution in [3.05, 3.63) is 60.0 Å². The predicted molar refractivity (Wildman–Crippen MR) is 82.8 cm³/mol. The summed E-state index contributed by atoms with van der Waals surface area (Å²) in [6.07, 6.45) is 1.79. The maximum atomic E-state index is 13.0. The molecule has 22 heavy (non-hydrogen) atoms. The third-order valence-electron chi connectivity index (χ3n) is 3.96. The molecule has 2 aromatic rings. The summed E-state index contributed by atoms with van der Waals surface area (Å²) in [5.74, 6) is 0.692. The van der Waals surface area contributed by atoms with E-state index < -0.39 is 0 Å². The zero-order valence-corrected chi connectivity index (χ0v) is 12.2. The Bertz CT molecular complexity index is 643. The van der Waals surface area contributed by atoms with Crippen LogP contribution in [0.4, 0.5) is 10.2 Å². The van der Waals surface area contributed by atoms with Crippen LogP contribution in [0.25, 0.3) is 0 Å². The van der Waals surface area contributed by atoms with Crippen LogP contribution in [0.2, 0.25) is 0 Å². The van der Waals surface area contributed by atoms with Gasteiger partial charge in [-0.25, -0.2) is 9.37 Å². The third-order valence-corrected chi connectivity index (χ3v) is 3.96. The van der Waals surface area contributed by atoms with Crippen molar-refractivity contribution in [2.45, 2.75) is 6.04 Å². The number of hydrogen-bond acceptors (Lipinski definition) is 4. The van der Waals surface area contributed by atoms with Crippen LogP contribution in [0, 0.1) is 17.1 Å². The molecule has 5 heteroatoms. The monoisotopic (exact) mass is 296 g/mol. The van der Waals surface area contributed by atoms with Crippen molar-refractivity contribution in [3.8, 4) is 6.07 Å². The molecule has 1 aromatic carbocycles.